The van der Waals surface area contributed by atoms with Gasteiger partial charge in [0.05, 0.1) is 29.1 Å². The molecule has 3 nitrogen and oxygen atoms in total. The third-order valence-electron chi connectivity index (χ3n) is 2.84. The molecule has 0 aliphatic carbocycles. The Labute approximate surface area is 97.6 Å². The number of pyridine rings is 1. The average Bonchev–Trinajstić information content (AvgIpc) is 2.77. The number of para-hydroxylation sites is 2. The van der Waals surface area contributed by atoms with Crippen LogP contribution in [-0.2, 0) is 0 Å². The minimum absolute atomic E-state index is 0.305. The molecule has 0 fully saturated rings. The lowest BCUT2D eigenvalue weighted by atomic mass is 10.2. The molecule has 0 atom stereocenters. The van der Waals surface area contributed by atoms with Gasteiger partial charge in [0.1, 0.15) is 12.1 Å². The van der Waals surface area contributed by atoms with Crippen LogP contribution in [0.5, 0.6) is 0 Å². The molecule has 0 amide bonds. The Morgan fingerprint density at radius 2 is 2.00 bits per heavy atom. The number of aromatic nitrogens is 3. The van der Waals surface area contributed by atoms with Crippen LogP contribution in [0.2, 0.25) is 0 Å². The van der Waals surface area contributed by atoms with E-state index in [9.17, 15) is 4.39 Å². The van der Waals surface area contributed by atoms with Gasteiger partial charge in [0.25, 0.3) is 0 Å². The van der Waals surface area contributed by atoms with Crippen LogP contribution in [0.3, 0.4) is 0 Å². The summed E-state index contributed by atoms with van der Waals surface area (Å²) in [5, 5.41) is 0. The van der Waals surface area contributed by atoms with Crippen molar-refractivity contribution < 1.29 is 4.39 Å². The minimum Gasteiger partial charge on any atom is -0.297 e. The molecular formula is C13H10FN3. The van der Waals surface area contributed by atoms with Crippen LogP contribution in [0.15, 0.2) is 43.0 Å². The lowest BCUT2D eigenvalue weighted by Gasteiger charge is -2.07. The maximum absolute atomic E-state index is 13.5. The normalized spacial score (nSPS) is 10.9. The molecular weight excluding hydrogens is 217 g/mol. The molecule has 0 saturated heterocycles. The molecule has 0 saturated carbocycles. The quantitative estimate of drug-likeness (QED) is 0.640. The molecule has 1 aromatic carbocycles. The Balaban J connectivity index is 2.31. The van der Waals surface area contributed by atoms with Gasteiger partial charge in [-0.15, -0.1) is 0 Å². The Morgan fingerprint density at radius 1 is 1.18 bits per heavy atom. The van der Waals surface area contributed by atoms with Gasteiger partial charge in [0.2, 0.25) is 0 Å². The molecule has 0 aliphatic heterocycles. The molecule has 3 rings (SSSR count). The summed E-state index contributed by atoms with van der Waals surface area (Å²) >= 11 is 0. The van der Waals surface area contributed by atoms with Gasteiger partial charge >= 0.3 is 0 Å². The monoisotopic (exact) mass is 227 g/mol. The van der Waals surface area contributed by atoms with E-state index in [-0.39, 0.29) is 5.82 Å². The second kappa shape index (κ2) is 3.66. The zero-order valence-corrected chi connectivity index (χ0v) is 9.26. The molecule has 3 aromatic rings. The molecule has 84 valence electrons. The van der Waals surface area contributed by atoms with Crippen LogP contribution in [0, 0.1) is 12.7 Å². The van der Waals surface area contributed by atoms with Gasteiger partial charge in [-0.3, -0.25) is 9.55 Å². The predicted molar refractivity (Wildman–Crippen MR) is 63.6 cm³/mol. The van der Waals surface area contributed by atoms with E-state index in [0.29, 0.717) is 5.56 Å². The summed E-state index contributed by atoms with van der Waals surface area (Å²) in [6, 6.07) is 7.74. The van der Waals surface area contributed by atoms with Crippen molar-refractivity contribution in [3.05, 3.63) is 54.4 Å². The van der Waals surface area contributed by atoms with Gasteiger partial charge in [-0.2, -0.15) is 0 Å². The van der Waals surface area contributed by atoms with E-state index < -0.39 is 0 Å². The fraction of sp³-hybridized carbons (Fsp3) is 0.0769. The first-order chi connectivity index (χ1) is 8.27. The summed E-state index contributed by atoms with van der Waals surface area (Å²) in [4.78, 5) is 8.16. The summed E-state index contributed by atoms with van der Waals surface area (Å²) in [5.41, 5.74) is 3.13. The van der Waals surface area contributed by atoms with E-state index in [4.69, 9.17) is 0 Å². The lowest BCUT2D eigenvalue weighted by Crippen LogP contribution is -1.98. The highest BCUT2D eigenvalue weighted by Gasteiger charge is 2.09. The third kappa shape index (κ3) is 1.49. The average molecular weight is 227 g/mol. The molecule has 17 heavy (non-hydrogen) atoms. The summed E-state index contributed by atoms with van der Waals surface area (Å²) in [7, 11) is 0. The van der Waals surface area contributed by atoms with Gasteiger partial charge in [-0.1, -0.05) is 12.1 Å². The van der Waals surface area contributed by atoms with E-state index in [1.165, 1.54) is 6.20 Å². The highest BCUT2D eigenvalue weighted by molar-refractivity contribution is 5.77. The second-order valence-electron chi connectivity index (χ2n) is 3.87. The van der Waals surface area contributed by atoms with E-state index in [0.717, 1.165) is 16.7 Å². The van der Waals surface area contributed by atoms with E-state index in [2.05, 4.69) is 9.97 Å². The van der Waals surface area contributed by atoms with Gasteiger partial charge in [0, 0.05) is 5.56 Å². The highest BCUT2D eigenvalue weighted by Crippen LogP contribution is 2.21. The Morgan fingerprint density at radius 3 is 2.88 bits per heavy atom. The lowest BCUT2D eigenvalue weighted by molar-refractivity contribution is 0.610. The second-order valence-corrected chi connectivity index (χ2v) is 3.87. The summed E-state index contributed by atoms with van der Waals surface area (Å²) in [5.74, 6) is -0.305. The molecule has 0 bridgehead atoms. The highest BCUT2D eigenvalue weighted by atomic mass is 19.1. The van der Waals surface area contributed by atoms with Gasteiger partial charge in [0.15, 0.2) is 0 Å². The number of rotatable bonds is 1. The summed E-state index contributed by atoms with van der Waals surface area (Å²) in [6.45, 7) is 1.74. The van der Waals surface area contributed by atoms with Crippen molar-refractivity contribution in [2.24, 2.45) is 0 Å². The number of nitrogens with zero attached hydrogens (tertiary/aromatic N) is 3. The molecule has 4 heteroatoms. The molecule has 0 unspecified atom stereocenters. The third-order valence-corrected chi connectivity index (χ3v) is 2.84. The van der Waals surface area contributed by atoms with Crippen molar-refractivity contribution in [2.75, 3.05) is 0 Å². The number of imidazole rings is 1. The molecule has 2 aromatic heterocycles. The van der Waals surface area contributed by atoms with Crippen molar-refractivity contribution in [3.63, 3.8) is 0 Å². The zero-order valence-electron chi connectivity index (χ0n) is 9.26. The van der Waals surface area contributed by atoms with Crippen LogP contribution < -0.4 is 0 Å². The smallest absolute Gasteiger partial charge is 0.146 e. The van der Waals surface area contributed by atoms with Crippen LogP contribution in [0.1, 0.15) is 5.56 Å². The number of hydrogen-bond donors (Lipinski definition) is 0. The zero-order chi connectivity index (χ0) is 11.8. The van der Waals surface area contributed by atoms with Gasteiger partial charge in [-0.05, 0) is 19.1 Å². The standard InChI is InChI=1S/C13H10FN3/c1-9-10(14)6-15-7-13(9)17-8-16-11-4-2-3-5-12(11)17/h2-8H,1H3. The van der Waals surface area contributed by atoms with Crippen LogP contribution in [-0.4, -0.2) is 14.5 Å². The number of fused-ring (bicyclic) bond motifs is 1. The van der Waals surface area contributed by atoms with E-state index in [1.807, 2.05) is 28.8 Å². The predicted octanol–water partition coefficient (Wildman–Crippen LogP) is 2.87. The first-order valence-electron chi connectivity index (χ1n) is 5.30. The SMILES string of the molecule is Cc1c(F)cncc1-n1cnc2ccccc21. The van der Waals surface area contributed by atoms with E-state index in [1.54, 1.807) is 19.4 Å². The molecule has 2 heterocycles. The maximum atomic E-state index is 13.5. The fourth-order valence-corrected chi connectivity index (χ4v) is 1.88. The van der Waals surface area contributed by atoms with Crippen molar-refractivity contribution in [1.29, 1.82) is 0 Å². The van der Waals surface area contributed by atoms with E-state index >= 15 is 0 Å². The summed E-state index contributed by atoms with van der Waals surface area (Å²) in [6.07, 6.45) is 4.55. The number of hydrogen-bond acceptors (Lipinski definition) is 2. The largest absolute Gasteiger partial charge is 0.297 e. The van der Waals surface area contributed by atoms with Gasteiger partial charge in [-0.25, -0.2) is 9.37 Å². The molecule has 0 spiro atoms. The molecule has 0 N–H and O–H groups in total. The van der Waals surface area contributed by atoms with Crippen LogP contribution in [0.25, 0.3) is 16.7 Å². The Bertz CT molecular complexity index is 688. The maximum Gasteiger partial charge on any atom is 0.146 e. The molecule has 0 aliphatic rings. The first kappa shape index (κ1) is 9.96. The van der Waals surface area contributed by atoms with Crippen molar-refractivity contribution >= 4 is 11.0 Å². The fourth-order valence-electron chi connectivity index (χ4n) is 1.88. The van der Waals surface area contributed by atoms with Crippen molar-refractivity contribution in [1.82, 2.24) is 14.5 Å². The van der Waals surface area contributed by atoms with Crippen LogP contribution >= 0.6 is 0 Å². The topological polar surface area (TPSA) is 30.7 Å². The van der Waals surface area contributed by atoms with Crippen molar-refractivity contribution in [2.45, 2.75) is 6.92 Å². The number of halogens is 1. The number of benzene rings is 1. The van der Waals surface area contributed by atoms with Crippen LogP contribution in [0.4, 0.5) is 4.39 Å². The first-order valence-corrected chi connectivity index (χ1v) is 5.30. The Kier molecular flexibility index (Phi) is 2.14. The molecule has 0 radical (unpaired) electrons. The van der Waals surface area contributed by atoms with Gasteiger partial charge < -0.3 is 0 Å². The Hall–Kier alpha value is -2.23. The minimum atomic E-state index is -0.305. The van der Waals surface area contributed by atoms with Crippen molar-refractivity contribution in [3.8, 4) is 5.69 Å². The summed E-state index contributed by atoms with van der Waals surface area (Å²) < 4.78 is 15.3.